The van der Waals surface area contributed by atoms with E-state index in [1.165, 1.54) is 37.4 Å². The van der Waals surface area contributed by atoms with Crippen LogP contribution >= 0.6 is 11.8 Å². The van der Waals surface area contributed by atoms with Crippen molar-refractivity contribution in [3.63, 3.8) is 0 Å². The molecule has 1 saturated carbocycles. The number of nitrogens with zero attached hydrogens (tertiary/aromatic N) is 3. The number of allylic oxidation sites excluding steroid dienone is 1. The molecule has 1 aliphatic carbocycles. The summed E-state index contributed by atoms with van der Waals surface area (Å²) < 4.78 is 2.11. The Hall–Kier alpha value is -2.08. The number of benzene rings is 1. The van der Waals surface area contributed by atoms with Crippen molar-refractivity contribution in [1.82, 2.24) is 14.8 Å². The molecule has 132 valence electrons. The fraction of sp³-hybridized carbons (Fsp3) is 0.421. The molecule has 0 bridgehead atoms. The third-order valence-electron chi connectivity index (χ3n) is 4.53. The Morgan fingerprint density at radius 3 is 2.84 bits per heavy atom. The third kappa shape index (κ3) is 4.31. The minimum atomic E-state index is -0.0325. The van der Waals surface area contributed by atoms with Gasteiger partial charge >= 0.3 is 0 Å². The molecule has 1 fully saturated rings. The maximum atomic E-state index is 12.3. The number of para-hydroxylation sites is 1. The third-order valence-corrected chi connectivity index (χ3v) is 5.50. The molecule has 25 heavy (non-hydrogen) atoms. The second-order valence-corrected chi connectivity index (χ2v) is 7.32. The van der Waals surface area contributed by atoms with Crippen LogP contribution in [-0.4, -0.2) is 26.4 Å². The molecular weight excluding hydrogens is 332 g/mol. The van der Waals surface area contributed by atoms with Crippen LogP contribution in [0, 0.1) is 6.92 Å². The fourth-order valence-corrected chi connectivity index (χ4v) is 3.98. The van der Waals surface area contributed by atoms with Gasteiger partial charge in [0.25, 0.3) is 0 Å². The smallest absolute Gasteiger partial charge is 0.234 e. The standard InChI is InChI=1S/C19H24N4OS/c1-3-12-23-18(15-9-5-6-10-15)21-22-19(23)25-13-17(24)20-16-11-7-4-8-14(16)2/h3-4,7-8,11,15H,1,5-6,9-10,12-13H2,2H3,(H,20,24). The highest BCUT2D eigenvalue weighted by atomic mass is 32.2. The van der Waals surface area contributed by atoms with Gasteiger partial charge in [-0.15, -0.1) is 16.8 Å². The lowest BCUT2D eigenvalue weighted by Gasteiger charge is -2.12. The second-order valence-electron chi connectivity index (χ2n) is 6.37. The number of nitrogens with one attached hydrogen (secondary N) is 1. The molecule has 1 aromatic carbocycles. The van der Waals surface area contributed by atoms with Crippen LogP contribution in [0.2, 0.25) is 0 Å². The molecule has 0 radical (unpaired) electrons. The van der Waals surface area contributed by atoms with Gasteiger partial charge in [0.2, 0.25) is 5.91 Å². The van der Waals surface area contributed by atoms with Crippen LogP contribution in [0.15, 0.2) is 42.1 Å². The number of amides is 1. The molecule has 6 heteroatoms. The summed E-state index contributed by atoms with van der Waals surface area (Å²) in [7, 11) is 0. The summed E-state index contributed by atoms with van der Waals surface area (Å²) in [5, 5.41) is 12.5. The number of carbonyl (C=O) groups is 1. The van der Waals surface area contributed by atoms with Gasteiger partial charge in [0.1, 0.15) is 5.82 Å². The highest BCUT2D eigenvalue weighted by Gasteiger charge is 2.24. The Morgan fingerprint density at radius 2 is 2.12 bits per heavy atom. The number of anilines is 1. The fourth-order valence-electron chi connectivity index (χ4n) is 3.22. The zero-order chi connectivity index (χ0) is 17.6. The molecule has 0 saturated heterocycles. The largest absolute Gasteiger partial charge is 0.325 e. The van der Waals surface area contributed by atoms with Crippen molar-refractivity contribution in [3.8, 4) is 0 Å². The lowest BCUT2D eigenvalue weighted by Crippen LogP contribution is -2.15. The van der Waals surface area contributed by atoms with Crippen LogP contribution in [0.4, 0.5) is 5.69 Å². The van der Waals surface area contributed by atoms with Gasteiger partial charge in [0.05, 0.1) is 5.75 Å². The number of carbonyl (C=O) groups excluding carboxylic acids is 1. The summed E-state index contributed by atoms with van der Waals surface area (Å²) in [6, 6.07) is 7.78. The molecule has 1 aliphatic rings. The van der Waals surface area contributed by atoms with Crippen LogP contribution in [0.5, 0.6) is 0 Å². The van der Waals surface area contributed by atoms with Gasteiger partial charge in [-0.3, -0.25) is 4.79 Å². The average Bonchev–Trinajstić information content (AvgIpc) is 3.25. The van der Waals surface area contributed by atoms with Crippen molar-refractivity contribution < 1.29 is 4.79 Å². The van der Waals surface area contributed by atoms with Crippen LogP contribution < -0.4 is 5.32 Å². The van der Waals surface area contributed by atoms with E-state index in [2.05, 4.69) is 26.7 Å². The summed E-state index contributed by atoms with van der Waals surface area (Å²) in [6.45, 7) is 6.50. The topological polar surface area (TPSA) is 59.8 Å². The second kappa shape index (κ2) is 8.34. The molecule has 1 amide bonds. The van der Waals surface area contributed by atoms with Crippen molar-refractivity contribution in [3.05, 3.63) is 48.3 Å². The van der Waals surface area contributed by atoms with Gasteiger partial charge < -0.3 is 9.88 Å². The first-order valence-electron chi connectivity index (χ1n) is 8.71. The summed E-state index contributed by atoms with van der Waals surface area (Å²) >= 11 is 1.43. The molecule has 3 rings (SSSR count). The molecule has 0 spiro atoms. The van der Waals surface area contributed by atoms with E-state index in [1.807, 2.05) is 37.3 Å². The van der Waals surface area contributed by atoms with E-state index in [1.54, 1.807) is 0 Å². The summed E-state index contributed by atoms with van der Waals surface area (Å²) in [6.07, 6.45) is 6.72. The summed E-state index contributed by atoms with van der Waals surface area (Å²) in [5.41, 5.74) is 1.91. The maximum Gasteiger partial charge on any atom is 0.234 e. The Kier molecular flexibility index (Phi) is 5.91. The number of hydrogen-bond donors (Lipinski definition) is 1. The number of rotatable bonds is 7. The molecular formula is C19H24N4OS. The van der Waals surface area contributed by atoms with Gasteiger partial charge in [-0.05, 0) is 31.4 Å². The zero-order valence-corrected chi connectivity index (χ0v) is 15.4. The molecule has 1 aromatic heterocycles. The Bertz CT molecular complexity index is 750. The Morgan fingerprint density at radius 1 is 1.36 bits per heavy atom. The van der Waals surface area contributed by atoms with E-state index in [9.17, 15) is 4.79 Å². The van der Waals surface area contributed by atoms with E-state index < -0.39 is 0 Å². The highest BCUT2D eigenvalue weighted by molar-refractivity contribution is 7.99. The van der Waals surface area contributed by atoms with Gasteiger partial charge in [-0.25, -0.2) is 0 Å². The average molecular weight is 356 g/mol. The first-order chi connectivity index (χ1) is 12.2. The van der Waals surface area contributed by atoms with Crippen LogP contribution in [0.1, 0.15) is 43.0 Å². The Balaban J connectivity index is 1.65. The minimum Gasteiger partial charge on any atom is -0.325 e. The van der Waals surface area contributed by atoms with Crippen LogP contribution in [0.3, 0.4) is 0 Å². The molecule has 5 nitrogen and oxygen atoms in total. The maximum absolute atomic E-state index is 12.3. The van der Waals surface area contributed by atoms with E-state index in [0.717, 1.165) is 22.2 Å². The summed E-state index contributed by atoms with van der Waals surface area (Å²) in [4.78, 5) is 12.3. The van der Waals surface area contributed by atoms with Gasteiger partial charge in [-0.1, -0.05) is 48.9 Å². The van der Waals surface area contributed by atoms with Crippen LogP contribution in [-0.2, 0) is 11.3 Å². The van der Waals surface area contributed by atoms with E-state index in [4.69, 9.17) is 0 Å². The molecule has 1 heterocycles. The van der Waals surface area contributed by atoms with E-state index in [0.29, 0.717) is 18.2 Å². The van der Waals surface area contributed by atoms with E-state index >= 15 is 0 Å². The number of hydrogen-bond acceptors (Lipinski definition) is 4. The first-order valence-corrected chi connectivity index (χ1v) is 9.70. The van der Waals surface area contributed by atoms with Crippen molar-refractivity contribution >= 4 is 23.4 Å². The number of aromatic nitrogens is 3. The number of aryl methyl sites for hydroxylation is 1. The van der Waals surface area contributed by atoms with Gasteiger partial charge in [0.15, 0.2) is 5.16 Å². The highest BCUT2D eigenvalue weighted by Crippen LogP contribution is 2.34. The predicted molar refractivity (Wildman–Crippen MR) is 102 cm³/mol. The quantitative estimate of drug-likeness (QED) is 0.598. The Labute approximate surface area is 152 Å². The van der Waals surface area contributed by atoms with Crippen molar-refractivity contribution in [2.75, 3.05) is 11.1 Å². The molecule has 1 N–H and O–H groups in total. The molecule has 0 atom stereocenters. The normalized spacial score (nSPS) is 14.6. The molecule has 0 unspecified atom stereocenters. The van der Waals surface area contributed by atoms with Gasteiger partial charge in [0, 0.05) is 18.2 Å². The minimum absolute atomic E-state index is 0.0325. The van der Waals surface area contributed by atoms with Gasteiger partial charge in [-0.2, -0.15) is 0 Å². The van der Waals surface area contributed by atoms with Crippen molar-refractivity contribution in [2.45, 2.75) is 50.2 Å². The number of thioether (sulfide) groups is 1. The van der Waals surface area contributed by atoms with Crippen molar-refractivity contribution in [2.24, 2.45) is 0 Å². The SMILES string of the molecule is C=CCn1c(SCC(=O)Nc2ccccc2C)nnc1C1CCCC1. The molecule has 0 aliphatic heterocycles. The monoisotopic (exact) mass is 356 g/mol. The predicted octanol–water partition coefficient (Wildman–Crippen LogP) is 4.16. The van der Waals surface area contributed by atoms with Crippen LogP contribution in [0.25, 0.3) is 0 Å². The zero-order valence-electron chi connectivity index (χ0n) is 14.6. The first kappa shape index (κ1) is 17.7. The summed E-state index contributed by atoms with van der Waals surface area (Å²) in [5.74, 6) is 1.81. The lowest BCUT2D eigenvalue weighted by molar-refractivity contribution is -0.113. The van der Waals surface area contributed by atoms with Crippen molar-refractivity contribution in [1.29, 1.82) is 0 Å². The lowest BCUT2D eigenvalue weighted by atomic mass is 10.1. The van der Waals surface area contributed by atoms with E-state index in [-0.39, 0.29) is 5.91 Å². The molecule has 2 aromatic rings.